The van der Waals surface area contributed by atoms with Crippen LogP contribution < -0.4 is 10.6 Å². The Labute approximate surface area is 182 Å². The maximum Gasteiger partial charge on any atom is 0.511 e. The molecule has 0 spiro atoms. The van der Waals surface area contributed by atoms with Gasteiger partial charge in [0.05, 0.1) is 0 Å². The predicted octanol–water partition coefficient (Wildman–Crippen LogP) is 2.54. The highest BCUT2D eigenvalue weighted by Gasteiger charge is 2.50. The van der Waals surface area contributed by atoms with E-state index in [1.54, 1.807) is 0 Å². The monoisotopic (exact) mass is 544 g/mol. The molecule has 0 bridgehead atoms. The van der Waals surface area contributed by atoms with E-state index in [0.29, 0.717) is 42.5 Å². The number of sulfonamides is 1. The van der Waals surface area contributed by atoms with Gasteiger partial charge in [0.2, 0.25) is 0 Å². The lowest BCUT2D eigenvalue weighted by Gasteiger charge is -2.32. The summed E-state index contributed by atoms with van der Waals surface area (Å²) in [6, 6.07) is -0.125. The van der Waals surface area contributed by atoms with Crippen LogP contribution in [0.2, 0.25) is 0 Å². The fourth-order valence-electron chi connectivity index (χ4n) is 2.58. The number of nitrogens with zero attached hydrogens (tertiary/aromatic N) is 2. The van der Waals surface area contributed by atoms with E-state index in [1.807, 2.05) is 6.92 Å². The van der Waals surface area contributed by atoms with E-state index < -0.39 is 15.5 Å². The van der Waals surface area contributed by atoms with Crippen LogP contribution in [0.15, 0.2) is 4.99 Å². The zero-order chi connectivity index (χ0) is 20.5. The fourth-order valence-corrected chi connectivity index (χ4v) is 3.56. The third kappa shape index (κ3) is 9.44. The first-order chi connectivity index (χ1) is 12.6. The smallest absolute Gasteiger partial charge is 0.381 e. The molecule has 0 aromatic rings. The van der Waals surface area contributed by atoms with Gasteiger partial charge in [-0.15, -0.1) is 24.0 Å². The largest absolute Gasteiger partial charge is 0.511 e. The van der Waals surface area contributed by atoms with Crippen LogP contribution in [-0.4, -0.2) is 69.6 Å². The van der Waals surface area contributed by atoms with Gasteiger partial charge in [-0.25, -0.2) is 8.42 Å². The van der Waals surface area contributed by atoms with Crippen molar-refractivity contribution >= 4 is 40.0 Å². The summed E-state index contributed by atoms with van der Waals surface area (Å²) in [6.45, 7) is 8.29. The molecule has 0 unspecified atom stereocenters. The highest BCUT2D eigenvalue weighted by atomic mass is 127. The summed E-state index contributed by atoms with van der Waals surface area (Å²) in [4.78, 5) is 4.43. The average Bonchev–Trinajstić information content (AvgIpc) is 2.57. The first-order valence-electron chi connectivity index (χ1n) is 9.27. The number of nitrogens with one attached hydrogen (secondary N) is 2. The van der Waals surface area contributed by atoms with Crippen molar-refractivity contribution in [1.29, 1.82) is 0 Å². The third-order valence-electron chi connectivity index (χ3n) is 3.94. The van der Waals surface area contributed by atoms with Gasteiger partial charge in [0.1, 0.15) is 0 Å². The number of ether oxygens (including phenoxy) is 1. The molecule has 0 amide bonds. The van der Waals surface area contributed by atoms with Crippen molar-refractivity contribution in [2.75, 3.05) is 39.4 Å². The van der Waals surface area contributed by atoms with Crippen LogP contribution in [0.3, 0.4) is 0 Å². The molecule has 0 aliphatic carbocycles. The second kappa shape index (κ2) is 13.1. The van der Waals surface area contributed by atoms with E-state index in [2.05, 4.69) is 29.5 Å². The standard InChI is InChI=1S/C16H31F3N4O3S.HI/c1-4-20-15(21-8-5-11-26-12-13(2)3)22-14-6-9-23(10-7-14)27(24,25)16(17,18)19;/h13-14H,4-12H2,1-3H3,(H2,20,21,22);1H. The van der Waals surface area contributed by atoms with Crippen LogP contribution in [0.25, 0.3) is 0 Å². The van der Waals surface area contributed by atoms with Crippen LogP contribution in [0.4, 0.5) is 13.2 Å². The maximum atomic E-state index is 12.6. The molecule has 0 radical (unpaired) electrons. The van der Waals surface area contributed by atoms with Crippen molar-refractivity contribution in [3.63, 3.8) is 0 Å². The Bertz CT molecular complexity index is 566. The molecular weight excluding hydrogens is 512 g/mol. The summed E-state index contributed by atoms with van der Waals surface area (Å²) in [7, 11) is -5.25. The molecule has 1 aliphatic heterocycles. The van der Waals surface area contributed by atoms with Crippen LogP contribution >= 0.6 is 24.0 Å². The predicted molar refractivity (Wildman–Crippen MR) is 114 cm³/mol. The van der Waals surface area contributed by atoms with Crippen LogP contribution in [-0.2, 0) is 14.8 Å². The van der Waals surface area contributed by atoms with E-state index in [-0.39, 0.29) is 55.9 Å². The Morgan fingerprint density at radius 3 is 2.39 bits per heavy atom. The van der Waals surface area contributed by atoms with Gasteiger partial charge in [0.25, 0.3) is 0 Å². The molecule has 1 heterocycles. The SMILES string of the molecule is CCNC(=NCCCOCC(C)C)NC1CCN(S(=O)(=O)C(F)(F)F)CC1.I. The zero-order valence-corrected chi connectivity index (χ0v) is 19.7. The normalized spacial score (nSPS) is 17.5. The molecule has 0 aromatic heterocycles. The van der Waals surface area contributed by atoms with Crippen molar-refractivity contribution in [3.05, 3.63) is 0 Å². The molecule has 1 aliphatic rings. The lowest BCUT2D eigenvalue weighted by atomic mass is 10.1. The Morgan fingerprint density at radius 1 is 1.29 bits per heavy atom. The van der Waals surface area contributed by atoms with Crippen LogP contribution in [0.5, 0.6) is 0 Å². The number of piperidine rings is 1. The summed E-state index contributed by atoms with van der Waals surface area (Å²) >= 11 is 0. The molecule has 168 valence electrons. The van der Waals surface area contributed by atoms with Crippen LogP contribution in [0.1, 0.15) is 40.0 Å². The Kier molecular flexibility index (Phi) is 12.9. The number of halogens is 4. The molecule has 2 N–H and O–H groups in total. The zero-order valence-electron chi connectivity index (χ0n) is 16.6. The Balaban J connectivity index is 0.00000729. The molecule has 1 fully saturated rings. The van der Waals surface area contributed by atoms with E-state index >= 15 is 0 Å². The van der Waals surface area contributed by atoms with Crippen molar-refractivity contribution in [2.45, 2.75) is 51.6 Å². The molecule has 28 heavy (non-hydrogen) atoms. The van der Waals surface area contributed by atoms with Crippen molar-refractivity contribution in [1.82, 2.24) is 14.9 Å². The molecule has 1 rings (SSSR count). The Morgan fingerprint density at radius 2 is 1.89 bits per heavy atom. The minimum absolute atomic E-state index is 0. The van der Waals surface area contributed by atoms with E-state index in [4.69, 9.17) is 4.74 Å². The highest BCUT2D eigenvalue weighted by Crippen LogP contribution is 2.28. The number of hydrogen-bond acceptors (Lipinski definition) is 4. The van der Waals surface area contributed by atoms with E-state index in [9.17, 15) is 21.6 Å². The highest BCUT2D eigenvalue weighted by molar-refractivity contribution is 14.0. The van der Waals surface area contributed by atoms with Gasteiger partial charge < -0.3 is 15.4 Å². The Hall–Kier alpha value is -0.340. The van der Waals surface area contributed by atoms with Crippen molar-refractivity contribution < 1.29 is 26.3 Å². The van der Waals surface area contributed by atoms with Crippen LogP contribution in [0, 0.1) is 5.92 Å². The summed E-state index contributed by atoms with van der Waals surface area (Å²) in [6.07, 6.45) is 1.35. The van der Waals surface area contributed by atoms with Crippen molar-refractivity contribution in [2.24, 2.45) is 10.9 Å². The number of hydrogen-bond donors (Lipinski definition) is 2. The van der Waals surface area contributed by atoms with E-state index in [1.165, 1.54) is 0 Å². The number of alkyl halides is 3. The minimum atomic E-state index is -5.25. The molecule has 0 atom stereocenters. The summed E-state index contributed by atoms with van der Waals surface area (Å²) < 4.78 is 66.7. The summed E-state index contributed by atoms with van der Waals surface area (Å²) in [5.74, 6) is 1.07. The topological polar surface area (TPSA) is 83.0 Å². The van der Waals surface area contributed by atoms with Gasteiger partial charge >= 0.3 is 15.5 Å². The second-order valence-corrected chi connectivity index (χ2v) is 8.78. The van der Waals surface area contributed by atoms with Gasteiger partial charge in [0, 0.05) is 45.4 Å². The van der Waals surface area contributed by atoms with Gasteiger partial charge in [0.15, 0.2) is 5.96 Å². The third-order valence-corrected chi connectivity index (χ3v) is 5.57. The molecule has 12 heteroatoms. The molecule has 7 nitrogen and oxygen atoms in total. The van der Waals surface area contributed by atoms with Gasteiger partial charge in [-0.3, -0.25) is 4.99 Å². The number of guanidine groups is 1. The maximum absolute atomic E-state index is 12.6. The van der Waals surface area contributed by atoms with Gasteiger partial charge in [-0.05, 0) is 32.1 Å². The first-order valence-corrected chi connectivity index (χ1v) is 10.7. The summed E-state index contributed by atoms with van der Waals surface area (Å²) in [5.41, 5.74) is -5.25. The van der Waals surface area contributed by atoms with Crippen molar-refractivity contribution in [3.8, 4) is 0 Å². The molecule has 0 saturated carbocycles. The van der Waals surface area contributed by atoms with Gasteiger partial charge in [-0.2, -0.15) is 17.5 Å². The number of aliphatic imine (C=N–C) groups is 1. The molecule has 1 saturated heterocycles. The lowest BCUT2D eigenvalue weighted by Crippen LogP contribution is -2.51. The fraction of sp³-hybridized carbons (Fsp3) is 0.938. The van der Waals surface area contributed by atoms with E-state index in [0.717, 1.165) is 6.42 Å². The summed E-state index contributed by atoms with van der Waals surface area (Å²) in [5, 5.41) is 6.26. The van der Waals surface area contributed by atoms with Gasteiger partial charge in [-0.1, -0.05) is 13.8 Å². The first kappa shape index (κ1) is 27.7. The average molecular weight is 544 g/mol. The second-order valence-electron chi connectivity index (χ2n) is 6.85. The minimum Gasteiger partial charge on any atom is -0.381 e. The molecule has 0 aromatic carbocycles. The number of rotatable bonds is 9. The quantitative estimate of drug-likeness (QED) is 0.202. The lowest BCUT2D eigenvalue weighted by molar-refractivity contribution is -0.0494. The molecular formula is C16H32F3IN4O3S.